The van der Waals surface area contributed by atoms with Crippen molar-refractivity contribution in [2.24, 2.45) is 5.92 Å². The Labute approximate surface area is 156 Å². The molecule has 1 saturated heterocycles. The summed E-state index contributed by atoms with van der Waals surface area (Å²) in [5, 5.41) is 6.47. The summed E-state index contributed by atoms with van der Waals surface area (Å²) in [4.78, 5) is 14.4. The molecule has 4 nitrogen and oxygen atoms in total. The molecule has 0 aliphatic carbocycles. The first kappa shape index (κ1) is 22.4. The number of likely N-dealkylation sites (N-methyl/N-ethyl adjacent to an activating group) is 1. The van der Waals surface area contributed by atoms with Gasteiger partial charge in [-0.05, 0) is 20.5 Å². The third-order valence-electron chi connectivity index (χ3n) is 5.51. The van der Waals surface area contributed by atoms with Gasteiger partial charge in [-0.2, -0.15) is 0 Å². The molecule has 25 heavy (non-hydrogen) atoms. The van der Waals surface area contributed by atoms with E-state index in [1.807, 2.05) is 0 Å². The fraction of sp³-hybridized carbons (Fsp3) is 0.952. The zero-order valence-electron chi connectivity index (χ0n) is 17.1. The van der Waals surface area contributed by atoms with Crippen LogP contribution < -0.4 is 10.6 Å². The lowest BCUT2D eigenvalue weighted by atomic mass is 10.0. The van der Waals surface area contributed by atoms with Crippen LogP contribution >= 0.6 is 0 Å². The number of amides is 1. The maximum Gasteiger partial charge on any atom is 0.226 e. The quantitative estimate of drug-likeness (QED) is 0.438. The number of hydrogen-bond acceptors (Lipinski definition) is 3. The summed E-state index contributed by atoms with van der Waals surface area (Å²) in [6.45, 7) is 4.85. The lowest BCUT2D eigenvalue weighted by Crippen LogP contribution is -2.43. The van der Waals surface area contributed by atoms with Gasteiger partial charge in [0.05, 0.1) is 5.92 Å². The zero-order chi connectivity index (χ0) is 18.3. The summed E-state index contributed by atoms with van der Waals surface area (Å²) in [7, 11) is 4.12. The Morgan fingerprint density at radius 2 is 1.40 bits per heavy atom. The molecule has 0 aromatic rings. The number of carbonyl (C=O) groups excluding carboxylic acids is 1. The van der Waals surface area contributed by atoms with Crippen molar-refractivity contribution in [3.8, 4) is 0 Å². The van der Waals surface area contributed by atoms with Crippen molar-refractivity contribution in [2.75, 3.05) is 33.7 Å². The number of nitrogens with one attached hydrogen (secondary N) is 2. The van der Waals surface area contributed by atoms with E-state index in [9.17, 15) is 4.79 Å². The Kier molecular flexibility index (Phi) is 13.1. The van der Waals surface area contributed by atoms with E-state index in [1.54, 1.807) is 0 Å². The molecule has 1 heterocycles. The minimum absolute atomic E-state index is 0.104. The Morgan fingerprint density at radius 1 is 0.880 bits per heavy atom. The highest BCUT2D eigenvalue weighted by molar-refractivity contribution is 5.80. The minimum atomic E-state index is 0.104. The summed E-state index contributed by atoms with van der Waals surface area (Å²) in [6.07, 6.45) is 16.3. The second kappa shape index (κ2) is 14.5. The average Bonchev–Trinajstić information content (AvgIpc) is 3.09. The fourth-order valence-electron chi connectivity index (χ4n) is 3.78. The van der Waals surface area contributed by atoms with Crippen molar-refractivity contribution in [1.29, 1.82) is 0 Å². The van der Waals surface area contributed by atoms with Gasteiger partial charge in [-0.25, -0.2) is 0 Å². The summed E-state index contributed by atoms with van der Waals surface area (Å²) < 4.78 is 0. The fourth-order valence-corrected chi connectivity index (χ4v) is 3.78. The first-order chi connectivity index (χ1) is 12.2. The summed E-state index contributed by atoms with van der Waals surface area (Å²) in [6, 6.07) is 0.335. The third kappa shape index (κ3) is 10.2. The van der Waals surface area contributed by atoms with Crippen LogP contribution in [0.1, 0.15) is 84.0 Å². The van der Waals surface area contributed by atoms with Crippen LogP contribution in [-0.2, 0) is 4.79 Å². The molecular weight excluding hydrogens is 310 g/mol. The van der Waals surface area contributed by atoms with E-state index >= 15 is 0 Å². The molecule has 4 heteroatoms. The van der Waals surface area contributed by atoms with Gasteiger partial charge in [0.25, 0.3) is 0 Å². The Bertz CT molecular complexity index is 333. The van der Waals surface area contributed by atoms with Gasteiger partial charge in [-0.3, -0.25) is 4.79 Å². The average molecular weight is 354 g/mol. The lowest BCUT2D eigenvalue weighted by molar-refractivity contribution is -0.125. The first-order valence-corrected chi connectivity index (χ1v) is 10.8. The van der Waals surface area contributed by atoms with Gasteiger partial charge < -0.3 is 15.5 Å². The molecule has 0 aromatic heterocycles. The van der Waals surface area contributed by atoms with Crippen LogP contribution in [0.3, 0.4) is 0 Å². The van der Waals surface area contributed by atoms with Crippen LogP contribution in [0.25, 0.3) is 0 Å². The van der Waals surface area contributed by atoms with Gasteiger partial charge in [0.2, 0.25) is 5.91 Å². The molecule has 0 spiro atoms. The third-order valence-corrected chi connectivity index (χ3v) is 5.51. The van der Waals surface area contributed by atoms with Crippen LogP contribution in [0.5, 0.6) is 0 Å². The van der Waals surface area contributed by atoms with Gasteiger partial charge in [-0.15, -0.1) is 0 Å². The molecule has 0 aromatic carbocycles. The van der Waals surface area contributed by atoms with Crippen molar-refractivity contribution < 1.29 is 4.79 Å². The molecule has 1 rings (SSSR count). The molecule has 0 unspecified atom stereocenters. The van der Waals surface area contributed by atoms with E-state index < -0.39 is 0 Å². The van der Waals surface area contributed by atoms with Crippen molar-refractivity contribution >= 4 is 5.91 Å². The van der Waals surface area contributed by atoms with Gasteiger partial charge in [-0.1, -0.05) is 77.6 Å². The maximum absolute atomic E-state index is 12.3. The molecule has 1 aliphatic rings. The van der Waals surface area contributed by atoms with Crippen molar-refractivity contribution in [3.63, 3.8) is 0 Å². The molecule has 1 amide bonds. The first-order valence-electron chi connectivity index (χ1n) is 10.8. The number of unbranched alkanes of at least 4 members (excludes halogenated alkanes) is 11. The van der Waals surface area contributed by atoms with Gasteiger partial charge in [0.15, 0.2) is 0 Å². The van der Waals surface area contributed by atoms with E-state index in [4.69, 9.17) is 0 Å². The second-order valence-corrected chi connectivity index (χ2v) is 7.98. The summed E-state index contributed by atoms with van der Waals surface area (Å²) in [5.41, 5.74) is 0. The van der Waals surface area contributed by atoms with E-state index in [-0.39, 0.29) is 11.8 Å². The van der Waals surface area contributed by atoms with E-state index in [2.05, 4.69) is 36.6 Å². The molecule has 2 atom stereocenters. The van der Waals surface area contributed by atoms with E-state index in [0.29, 0.717) is 6.04 Å². The molecule has 1 fully saturated rings. The molecule has 0 radical (unpaired) electrons. The molecule has 0 bridgehead atoms. The number of nitrogens with zero attached hydrogens (tertiary/aromatic N) is 1. The summed E-state index contributed by atoms with van der Waals surface area (Å²) in [5.74, 6) is 0.332. The van der Waals surface area contributed by atoms with Crippen LogP contribution in [0.15, 0.2) is 0 Å². The summed E-state index contributed by atoms with van der Waals surface area (Å²) >= 11 is 0. The predicted octanol–water partition coefficient (Wildman–Crippen LogP) is 3.95. The smallest absolute Gasteiger partial charge is 0.226 e. The Morgan fingerprint density at radius 3 is 1.92 bits per heavy atom. The number of rotatable bonds is 15. The van der Waals surface area contributed by atoms with Crippen LogP contribution in [-0.4, -0.2) is 50.6 Å². The topological polar surface area (TPSA) is 44.4 Å². The van der Waals surface area contributed by atoms with Gasteiger partial charge >= 0.3 is 0 Å². The predicted molar refractivity (Wildman–Crippen MR) is 108 cm³/mol. The van der Waals surface area contributed by atoms with Crippen LogP contribution in [0, 0.1) is 5.92 Å². The largest absolute Gasteiger partial charge is 0.356 e. The molecule has 148 valence electrons. The Balaban J connectivity index is 1.88. The van der Waals surface area contributed by atoms with Crippen molar-refractivity contribution in [3.05, 3.63) is 0 Å². The molecule has 2 N–H and O–H groups in total. The zero-order valence-corrected chi connectivity index (χ0v) is 17.1. The van der Waals surface area contributed by atoms with E-state index in [1.165, 1.54) is 70.6 Å². The minimum Gasteiger partial charge on any atom is -0.356 e. The molecular formula is C21H43N3O. The Hall–Kier alpha value is -0.610. The van der Waals surface area contributed by atoms with Crippen molar-refractivity contribution in [1.82, 2.24) is 15.5 Å². The normalized spacial score (nSPS) is 20.3. The highest BCUT2D eigenvalue weighted by Crippen LogP contribution is 2.14. The van der Waals surface area contributed by atoms with Gasteiger partial charge in [0, 0.05) is 25.7 Å². The van der Waals surface area contributed by atoms with E-state index in [0.717, 1.165) is 26.1 Å². The molecule has 1 aliphatic heterocycles. The van der Waals surface area contributed by atoms with Crippen LogP contribution in [0.4, 0.5) is 0 Å². The standard InChI is InChI=1S/C21H43N3O/c1-4-5-6-7-8-9-10-11-12-13-14-15-16-23-21(25)19-17-22-18-20(19)24(2)3/h19-20,22H,4-18H2,1-3H3,(H,23,25)/t19-,20-/m1/s1. The number of carbonyl (C=O) groups is 1. The SMILES string of the molecule is CCCCCCCCCCCCCCNC(=O)[C@@H]1CNC[C@H]1N(C)C. The second-order valence-electron chi connectivity index (χ2n) is 7.98. The van der Waals surface area contributed by atoms with Crippen molar-refractivity contribution in [2.45, 2.75) is 90.0 Å². The highest BCUT2D eigenvalue weighted by Gasteiger charge is 2.33. The lowest BCUT2D eigenvalue weighted by Gasteiger charge is -2.24. The maximum atomic E-state index is 12.3. The van der Waals surface area contributed by atoms with Gasteiger partial charge in [0.1, 0.15) is 0 Å². The number of hydrogen-bond donors (Lipinski definition) is 2. The monoisotopic (exact) mass is 353 g/mol. The highest BCUT2D eigenvalue weighted by atomic mass is 16.2. The molecule has 0 saturated carbocycles. The van der Waals surface area contributed by atoms with Crippen LogP contribution in [0.2, 0.25) is 0 Å².